The fraction of sp³-hybridized carbons (Fsp3) is 0.273. The van der Waals surface area contributed by atoms with Gasteiger partial charge < -0.3 is 19.0 Å². The van der Waals surface area contributed by atoms with E-state index in [-0.39, 0.29) is 11.0 Å². The second-order valence-electron chi connectivity index (χ2n) is 8.41. The number of aryl methyl sites for hydroxylation is 2. The summed E-state index contributed by atoms with van der Waals surface area (Å²) >= 11 is 0. The van der Waals surface area contributed by atoms with Crippen molar-refractivity contribution in [3.8, 4) is 11.5 Å². The third kappa shape index (κ3) is 4.20. The molecule has 0 aliphatic rings. The summed E-state index contributed by atoms with van der Waals surface area (Å²) in [4.78, 5) is 32.9. The molecule has 10 heteroatoms. The first kappa shape index (κ1) is 21.2. The van der Waals surface area contributed by atoms with Gasteiger partial charge >= 0.3 is 11.8 Å². The van der Waals surface area contributed by atoms with Crippen molar-refractivity contribution in [3.05, 3.63) is 59.0 Å². The number of benzene rings is 1. The van der Waals surface area contributed by atoms with Gasteiger partial charge in [0.1, 0.15) is 5.75 Å². The van der Waals surface area contributed by atoms with Crippen LogP contribution < -0.4 is 21.1 Å². The second kappa shape index (κ2) is 7.88. The highest BCUT2D eigenvalue weighted by molar-refractivity contribution is 5.98. The third-order valence-corrected chi connectivity index (χ3v) is 4.82. The third-order valence-electron chi connectivity index (χ3n) is 4.82. The molecule has 32 heavy (non-hydrogen) atoms. The zero-order valence-corrected chi connectivity index (χ0v) is 18.5. The zero-order chi connectivity index (χ0) is 23.0. The Morgan fingerprint density at radius 1 is 1.16 bits per heavy atom. The largest absolute Gasteiger partial charge is 0.453 e. The molecule has 0 bridgehead atoms. The van der Waals surface area contributed by atoms with Crippen LogP contribution in [0.15, 0.2) is 51.9 Å². The number of carbonyl (C=O) groups excluding carboxylic acids is 1. The van der Waals surface area contributed by atoms with Gasteiger partial charge in [0.15, 0.2) is 11.4 Å². The van der Waals surface area contributed by atoms with E-state index in [1.54, 1.807) is 41.9 Å². The van der Waals surface area contributed by atoms with E-state index in [2.05, 4.69) is 41.4 Å². The molecular formula is C22H24N6O4. The van der Waals surface area contributed by atoms with Crippen LogP contribution in [0.1, 0.15) is 26.5 Å². The Morgan fingerprint density at radius 3 is 2.66 bits per heavy atom. The van der Waals surface area contributed by atoms with Crippen LogP contribution in [0.25, 0.3) is 11.2 Å². The van der Waals surface area contributed by atoms with Crippen molar-refractivity contribution < 1.29 is 13.9 Å². The molecule has 4 rings (SSSR count). The van der Waals surface area contributed by atoms with Gasteiger partial charge in [-0.2, -0.15) is 0 Å². The maximum absolute atomic E-state index is 12.5. The highest BCUT2D eigenvalue weighted by Crippen LogP contribution is 2.29. The zero-order valence-electron chi connectivity index (χ0n) is 18.5. The van der Waals surface area contributed by atoms with E-state index in [0.717, 1.165) is 5.69 Å². The number of nitrogens with zero attached hydrogens (tertiary/aromatic N) is 4. The van der Waals surface area contributed by atoms with Crippen LogP contribution in [0.2, 0.25) is 0 Å². The molecule has 10 nitrogen and oxygen atoms in total. The fourth-order valence-electron chi connectivity index (χ4n) is 3.05. The van der Waals surface area contributed by atoms with Crippen LogP contribution in [0.4, 0.5) is 16.4 Å². The van der Waals surface area contributed by atoms with Crippen LogP contribution in [0, 0.1) is 0 Å². The molecule has 0 aliphatic heterocycles. The SMILES string of the molecule is Cn1cc(C(C)(C)C)nc1NC(=O)Nc1cccc(Oc2ccnc3c2oc(=O)n3C)c1. The van der Waals surface area contributed by atoms with E-state index in [0.29, 0.717) is 28.8 Å². The number of fused-ring (bicyclic) bond motifs is 1. The summed E-state index contributed by atoms with van der Waals surface area (Å²) in [5, 5.41) is 5.52. The van der Waals surface area contributed by atoms with E-state index in [1.165, 1.54) is 10.8 Å². The molecule has 3 aromatic heterocycles. The first-order valence-electron chi connectivity index (χ1n) is 9.96. The molecule has 166 valence electrons. The summed E-state index contributed by atoms with van der Waals surface area (Å²) < 4.78 is 14.2. The number of ether oxygens (including phenoxy) is 1. The average Bonchev–Trinajstić information content (AvgIpc) is 3.23. The molecule has 0 atom stereocenters. The molecule has 0 fully saturated rings. The topological polar surface area (TPSA) is 116 Å². The van der Waals surface area contributed by atoms with E-state index in [9.17, 15) is 9.59 Å². The number of anilines is 2. The number of imidazole rings is 1. The van der Waals surface area contributed by atoms with Crippen molar-refractivity contribution in [2.45, 2.75) is 26.2 Å². The summed E-state index contributed by atoms with van der Waals surface area (Å²) in [6.45, 7) is 6.17. The lowest BCUT2D eigenvalue weighted by molar-refractivity contribution is 0.262. The van der Waals surface area contributed by atoms with E-state index >= 15 is 0 Å². The number of carbonyl (C=O) groups is 1. The predicted molar refractivity (Wildman–Crippen MR) is 120 cm³/mol. The lowest BCUT2D eigenvalue weighted by Gasteiger charge is -2.13. The van der Waals surface area contributed by atoms with Gasteiger partial charge in [0.05, 0.1) is 5.69 Å². The highest BCUT2D eigenvalue weighted by Gasteiger charge is 2.20. The molecule has 3 heterocycles. The smallest absolute Gasteiger partial charge is 0.421 e. The number of pyridine rings is 1. The second-order valence-corrected chi connectivity index (χ2v) is 8.41. The summed E-state index contributed by atoms with van der Waals surface area (Å²) in [6.07, 6.45) is 3.42. The van der Waals surface area contributed by atoms with Crippen molar-refractivity contribution >= 4 is 28.9 Å². The van der Waals surface area contributed by atoms with E-state index < -0.39 is 11.8 Å². The standard InChI is InChI=1S/C22H24N6O4/c1-22(2,3)16-12-27(4)19(25-16)26-20(29)24-13-7-6-8-14(11-13)31-15-9-10-23-18-17(15)32-21(30)28(18)5/h6-12H,1-5H3,(H2,24,25,26,29). The monoisotopic (exact) mass is 436 g/mol. The molecule has 2 amide bonds. The van der Waals surface area contributed by atoms with Crippen molar-refractivity contribution in [1.82, 2.24) is 19.1 Å². The van der Waals surface area contributed by atoms with E-state index in [1.807, 2.05) is 13.2 Å². The van der Waals surface area contributed by atoms with E-state index in [4.69, 9.17) is 9.15 Å². The Labute approximate surface area is 183 Å². The minimum atomic E-state index is -0.528. The molecule has 0 saturated carbocycles. The molecule has 4 aromatic rings. The van der Waals surface area contributed by atoms with Crippen molar-refractivity contribution in [3.63, 3.8) is 0 Å². The first-order valence-corrected chi connectivity index (χ1v) is 9.96. The van der Waals surface area contributed by atoms with Gasteiger partial charge in [-0.15, -0.1) is 0 Å². The Kier molecular flexibility index (Phi) is 5.21. The number of nitrogens with one attached hydrogen (secondary N) is 2. The van der Waals surface area contributed by atoms with Gasteiger partial charge in [0.25, 0.3) is 0 Å². The molecular weight excluding hydrogens is 412 g/mol. The number of aromatic nitrogens is 4. The summed E-state index contributed by atoms with van der Waals surface area (Å²) in [6, 6.07) is 8.03. The van der Waals surface area contributed by atoms with Gasteiger partial charge in [-0.3, -0.25) is 9.88 Å². The number of amides is 2. The molecule has 1 aromatic carbocycles. The highest BCUT2D eigenvalue weighted by atomic mass is 16.5. The number of urea groups is 1. The van der Waals surface area contributed by atoms with Gasteiger partial charge in [0, 0.05) is 49.7 Å². The first-order chi connectivity index (χ1) is 15.1. The Morgan fingerprint density at radius 2 is 1.94 bits per heavy atom. The van der Waals surface area contributed by atoms with Crippen LogP contribution in [-0.4, -0.2) is 25.1 Å². The number of rotatable bonds is 4. The van der Waals surface area contributed by atoms with Crippen LogP contribution in [0.5, 0.6) is 11.5 Å². The Bertz CT molecular complexity index is 1360. The summed E-state index contributed by atoms with van der Waals surface area (Å²) in [5.41, 5.74) is 1.90. The minimum Gasteiger partial charge on any atom is -0.453 e. The molecule has 0 spiro atoms. The Balaban J connectivity index is 1.49. The quantitative estimate of drug-likeness (QED) is 0.500. The van der Waals surface area contributed by atoms with Gasteiger partial charge in [0.2, 0.25) is 11.5 Å². The number of hydrogen-bond acceptors (Lipinski definition) is 6. The van der Waals surface area contributed by atoms with Crippen molar-refractivity contribution in [2.24, 2.45) is 14.1 Å². The minimum absolute atomic E-state index is 0.129. The molecule has 0 radical (unpaired) electrons. The van der Waals surface area contributed by atoms with Crippen LogP contribution >= 0.6 is 0 Å². The summed E-state index contributed by atoms with van der Waals surface area (Å²) in [7, 11) is 3.39. The Hall–Kier alpha value is -4.08. The lowest BCUT2D eigenvalue weighted by Crippen LogP contribution is -2.21. The lowest BCUT2D eigenvalue weighted by atomic mass is 9.93. The van der Waals surface area contributed by atoms with Gasteiger partial charge in [-0.25, -0.2) is 19.6 Å². The van der Waals surface area contributed by atoms with Crippen LogP contribution in [0.3, 0.4) is 0 Å². The molecule has 2 N–H and O–H groups in total. The predicted octanol–water partition coefficient (Wildman–Crippen LogP) is 3.99. The molecule has 0 aliphatic carbocycles. The molecule has 0 unspecified atom stereocenters. The number of oxazole rings is 1. The van der Waals surface area contributed by atoms with Gasteiger partial charge in [-0.1, -0.05) is 26.8 Å². The molecule has 0 saturated heterocycles. The summed E-state index contributed by atoms with van der Waals surface area (Å²) in [5.74, 6) is 0.712. The fourth-order valence-corrected chi connectivity index (χ4v) is 3.05. The van der Waals surface area contributed by atoms with Crippen molar-refractivity contribution in [1.29, 1.82) is 0 Å². The number of hydrogen-bond donors (Lipinski definition) is 2. The maximum atomic E-state index is 12.5. The average molecular weight is 436 g/mol. The normalized spacial score (nSPS) is 11.5. The van der Waals surface area contributed by atoms with Crippen molar-refractivity contribution in [2.75, 3.05) is 10.6 Å². The maximum Gasteiger partial charge on any atom is 0.421 e. The van der Waals surface area contributed by atoms with Crippen LogP contribution in [-0.2, 0) is 19.5 Å². The van der Waals surface area contributed by atoms with Gasteiger partial charge in [-0.05, 0) is 12.1 Å².